The smallest absolute Gasteiger partial charge is 0.320 e. The molecule has 98 valence electrons. The van der Waals surface area contributed by atoms with Gasteiger partial charge in [-0.3, -0.25) is 10.1 Å². The summed E-state index contributed by atoms with van der Waals surface area (Å²) in [6.07, 6.45) is 2.59. The van der Waals surface area contributed by atoms with E-state index in [0.29, 0.717) is 13.0 Å². The molecule has 6 heteroatoms. The molecule has 0 saturated carbocycles. The lowest BCUT2D eigenvalue weighted by molar-refractivity contribution is -0.139. The molecule has 0 aliphatic rings. The zero-order valence-electron chi connectivity index (χ0n) is 9.93. The molecule has 1 heterocycles. The van der Waals surface area contributed by atoms with E-state index in [4.69, 9.17) is 9.52 Å². The van der Waals surface area contributed by atoms with E-state index >= 15 is 0 Å². The predicted octanol–water partition coefficient (Wildman–Crippen LogP) is 2.31. The maximum atomic E-state index is 10.9. The van der Waals surface area contributed by atoms with Gasteiger partial charge in [-0.1, -0.05) is 0 Å². The third kappa shape index (κ3) is 6.00. The van der Waals surface area contributed by atoms with E-state index in [0.717, 1.165) is 17.3 Å². The minimum atomic E-state index is -0.808. The van der Waals surface area contributed by atoms with Gasteiger partial charge in [0.25, 0.3) is 0 Å². The van der Waals surface area contributed by atoms with Crippen LogP contribution in [0.25, 0.3) is 0 Å². The Morgan fingerprint density at radius 3 is 2.76 bits per heavy atom. The zero-order chi connectivity index (χ0) is 12.0. The van der Waals surface area contributed by atoms with Crippen molar-refractivity contribution in [2.75, 3.05) is 12.0 Å². The number of hydrogen-bond acceptors (Lipinski definition) is 4. The number of furan rings is 1. The van der Waals surface area contributed by atoms with Gasteiger partial charge in [0, 0.05) is 0 Å². The first kappa shape index (κ1) is 16.4. The van der Waals surface area contributed by atoms with Crippen LogP contribution < -0.4 is 5.32 Å². The monoisotopic (exact) mass is 279 g/mol. The van der Waals surface area contributed by atoms with Crippen molar-refractivity contribution in [2.24, 2.45) is 0 Å². The summed E-state index contributed by atoms with van der Waals surface area (Å²) in [5.74, 6) is 1.64. The van der Waals surface area contributed by atoms with E-state index in [2.05, 4.69) is 5.32 Å². The summed E-state index contributed by atoms with van der Waals surface area (Å²) in [5.41, 5.74) is 0. The van der Waals surface area contributed by atoms with Crippen molar-refractivity contribution in [1.82, 2.24) is 5.32 Å². The van der Waals surface area contributed by atoms with Gasteiger partial charge in [-0.2, -0.15) is 11.8 Å². The lowest BCUT2D eigenvalue weighted by Crippen LogP contribution is -2.36. The third-order valence-electron chi connectivity index (χ3n) is 2.23. The van der Waals surface area contributed by atoms with Gasteiger partial charge in [0.2, 0.25) is 0 Å². The molecule has 2 N–H and O–H groups in total. The largest absolute Gasteiger partial charge is 0.480 e. The fourth-order valence-corrected chi connectivity index (χ4v) is 1.82. The molecular weight excluding hydrogens is 262 g/mol. The summed E-state index contributed by atoms with van der Waals surface area (Å²) in [4.78, 5) is 10.9. The minimum absolute atomic E-state index is 0. The average molecular weight is 280 g/mol. The van der Waals surface area contributed by atoms with Crippen molar-refractivity contribution < 1.29 is 14.3 Å². The number of aliphatic carboxylic acids is 1. The van der Waals surface area contributed by atoms with Crippen LogP contribution in [-0.2, 0) is 11.3 Å². The first-order valence-corrected chi connectivity index (χ1v) is 6.53. The highest BCUT2D eigenvalue weighted by Gasteiger charge is 2.16. The molecule has 4 nitrogen and oxygen atoms in total. The molecule has 0 radical (unpaired) electrons. The van der Waals surface area contributed by atoms with Crippen molar-refractivity contribution in [3.8, 4) is 0 Å². The van der Waals surface area contributed by atoms with Crippen molar-refractivity contribution >= 4 is 30.1 Å². The lowest BCUT2D eigenvalue weighted by atomic mass is 10.2. The molecule has 1 atom stereocenters. The molecule has 0 fully saturated rings. The molecule has 1 aromatic heterocycles. The maximum Gasteiger partial charge on any atom is 0.320 e. The van der Waals surface area contributed by atoms with Crippen LogP contribution in [0, 0.1) is 6.92 Å². The molecule has 0 aromatic carbocycles. The first-order chi connectivity index (χ1) is 7.63. The lowest BCUT2D eigenvalue weighted by Gasteiger charge is -2.12. The first-order valence-electron chi connectivity index (χ1n) is 5.14. The van der Waals surface area contributed by atoms with E-state index < -0.39 is 12.0 Å². The Morgan fingerprint density at radius 1 is 1.59 bits per heavy atom. The summed E-state index contributed by atoms with van der Waals surface area (Å²) >= 11 is 1.65. The van der Waals surface area contributed by atoms with Crippen molar-refractivity contribution in [3.05, 3.63) is 23.7 Å². The fourth-order valence-electron chi connectivity index (χ4n) is 1.35. The molecule has 0 bridgehead atoms. The van der Waals surface area contributed by atoms with Crippen LogP contribution in [-0.4, -0.2) is 29.1 Å². The summed E-state index contributed by atoms with van der Waals surface area (Å²) in [6.45, 7) is 2.32. The van der Waals surface area contributed by atoms with Crippen LogP contribution in [0.4, 0.5) is 0 Å². The van der Waals surface area contributed by atoms with Gasteiger partial charge >= 0.3 is 5.97 Å². The maximum absolute atomic E-state index is 10.9. The normalized spacial score (nSPS) is 11.9. The Hall–Kier alpha value is -0.650. The quantitative estimate of drug-likeness (QED) is 0.802. The molecule has 0 amide bonds. The fraction of sp³-hybridized carbons (Fsp3) is 0.545. The summed E-state index contributed by atoms with van der Waals surface area (Å²) in [5, 5.41) is 12.0. The van der Waals surface area contributed by atoms with Crippen LogP contribution in [0.3, 0.4) is 0 Å². The average Bonchev–Trinajstić information content (AvgIpc) is 2.64. The van der Waals surface area contributed by atoms with Crippen molar-refractivity contribution in [2.45, 2.75) is 25.9 Å². The van der Waals surface area contributed by atoms with Crippen LogP contribution in [0.1, 0.15) is 17.9 Å². The van der Waals surface area contributed by atoms with Crippen LogP contribution in [0.2, 0.25) is 0 Å². The Kier molecular flexibility index (Phi) is 8.12. The molecule has 17 heavy (non-hydrogen) atoms. The number of carboxylic acid groups (broad SMARTS) is 1. The second-order valence-corrected chi connectivity index (χ2v) is 4.55. The van der Waals surface area contributed by atoms with Gasteiger partial charge in [0.05, 0.1) is 6.54 Å². The Balaban J connectivity index is 0.00000256. The minimum Gasteiger partial charge on any atom is -0.480 e. The summed E-state index contributed by atoms with van der Waals surface area (Å²) in [6, 6.07) is 3.22. The zero-order valence-corrected chi connectivity index (χ0v) is 11.6. The van der Waals surface area contributed by atoms with E-state index in [1.165, 1.54) is 0 Å². The van der Waals surface area contributed by atoms with Crippen molar-refractivity contribution in [1.29, 1.82) is 0 Å². The molecule has 1 unspecified atom stereocenters. The number of carbonyl (C=O) groups is 1. The standard InChI is InChI=1S/C11H17NO3S.ClH/c1-8-3-4-9(15-8)7-12-10(11(13)14)5-6-16-2;/h3-4,10,12H,5-7H2,1-2H3,(H,13,14);1H. The SMILES string of the molecule is CSCCC(NCc1ccc(C)o1)C(=O)O.Cl. The van der Waals surface area contributed by atoms with Gasteiger partial charge in [-0.05, 0) is 37.5 Å². The van der Waals surface area contributed by atoms with E-state index in [-0.39, 0.29) is 12.4 Å². The third-order valence-corrected chi connectivity index (χ3v) is 2.87. The topological polar surface area (TPSA) is 62.5 Å². The second kappa shape index (κ2) is 8.44. The molecule has 0 aliphatic heterocycles. The second-order valence-electron chi connectivity index (χ2n) is 3.57. The molecule has 0 spiro atoms. The van der Waals surface area contributed by atoms with Gasteiger partial charge in [0.15, 0.2) is 0 Å². The van der Waals surface area contributed by atoms with E-state index in [1.807, 2.05) is 25.3 Å². The van der Waals surface area contributed by atoms with Gasteiger partial charge in [0.1, 0.15) is 17.6 Å². The molecule has 0 aliphatic carbocycles. The number of carboxylic acids is 1. The number of hydrogen-bond donors (Lipinski definition) is 2. The number of thioether (sulfide) groups is 1. The highest BCUT2D eigenvalue weighted by Crippen LogP contribution is 2.07. The highest BCUT2D eigenvalue weighted by atomic mass is 35.5. The van der Waals surface area contributed by atoms with Crippen molar-refractivity contribution in [3.63, 3.8) is 0 Å². The Labute approximate surface area is 112 Å². The summed E-state index contributed by atoms with van der Waals surface area (Å²) < 4.78 is 5.36. The van der Waals surface area contributed by atoms with E-state index in [9.17, 15) is 4.79 Å². The molecule has 1 rings (SSSR count). The molecule has 0 saturated heterocycles. The Morgan fingerprint density at radius 2 is 2.29 bits per heavy atom. The van der Waals surface area contributed by atoms with Crippen LogP contribution in [0.15, 0.2) is 16.5 Å². The van der Waals surface area contributed by atoms with Gasteiger partial charge in [-0.15, -0.1) is 12.4 Å². The highest BCUT2D eigenvalue weighted by molar-refractivity contribution is 7.98. The van der Waals surface area contributed by atoms with Gasteiger partial charge < -0.3 is 9.52 Å². The van der Waals surface area contributed by atoms with Crippen LogP contribution in [0.5, 0.6) is 0 Å². The number of aryl methyl sites for hydroxylation is 1. The van der Waals surface area contributed by atoms with Gasteiger partial charge in [-0.25, -0.2) is 0 Å². The molecule has 1 aromatic rings. The van der Waals surface area contributed by atoms with Crippen LogP contribution >= 0.6 is 24.2 Å². The Bertz CT molecular complexity index is 343. The predicted molar refractivity (Wildman–Crippen MR) is 72.0 cm³/mol. The number of nitrogens with one attached hydrogen (secondary N) is 1. The number of halogens is 1. The summed E-state index contributed by atoms with van der Waals surface area (Å²) in [7, 11) is 0. The van der Waals surface area contributed by atoms with E-state index in [1.54, 1.807) is 11.8 Å². The number of rotatable bonds is 7. The molecular formula is C11H18ClNO3S.